The number of benzene rings is 2. The summed E-state index contributed by atoms with van der Waals surface area (Å²) in [4.78, 5) is 27.8. The Morgan fingerprint density at radius 2 is 1.76 bits per heavy atom. The molecular weight excluding hydrogens is 430 g/mol. The maximum atomic E-state index is 12.6. The molecule has 8 heteroatoms. The predicted octanol–water partition coefficient (Wildman–Crippen LogP) is 3.45. The van der Waals surface area contributed by atoms with Crippen LogP contribution in [0, 0.1) is 13.8 Å². The highest BCUT2D eigenvalue weighted by molar-refractivity contribution is 5.88. The number of aromatic nitrogens is 2. The normalized spacial score (nSPS) is 13.5. The van der Waals surface area contributed by atoms with E-state index in [1.54, 1.807) is 29.2 Å². The molecule has 2 amide bonds. The summed E-state index contributed by atoms with van der Waals surface area (Å²) in [5.74, 6) is 1.13. The van der Waals surface area contributed by atoms with Crippen molar-refractivity contribution < 1.29 is 14.3 Å². The second-order valence-corrected chi connectivity index (χ2v) is 8.46. The summed E-state index contributed by atoms with van der Waals surface area (Å²) < 4.78 is 5.65. The fourth-order valence-electron chi connectivity index (χ4n) is 4.03. The molecule has 0 atom stereocenters. The number of anilines is 2. The minimum absolute atomic E-state index is 0.0477. The number of amides is 2. The number of rotatable bonds is 6. The van der Waals surface area contributed by atoms with Crippen molar-refractivity contribution in [3.05, 3.63) is 65.7 Å². The minimum atomic E-state index is -0.157. The molecule has 176 valence electrons. The van der Waals surface area contributed by atoms with Crippen LogP contribution in [0.15, 0.2) is 54.6 Å². The second-order valence-electron chi connectivity index (χ2n) is 8.46. The van der Waals surface area contributed by atoms with Crippen molar-refractivity contribution in [2.45, 2.75) is 20.8 Å². The fraction of sp³-hybridized carbons (Fsp3) is 0.308. The molecule has 1 aromatic heterocycles. The molecule has 8 nitrogen and oxygen atoms in total. The van der Waals surface area contributed by atoms with Crippen LogP contribution in [0.4, 0.5) is 11.5 Å². The van der Waals surface area contributed by atoms with Gasteiger partial charge >= 0.3 is 0 Å². The second kappa shape index (κ2) is 10.3. The number of piperazine rings is 1. The van der Waals surface area contributed by atoms with E-state index in [2.05, 4.69) is 52.5 Å². The molecule has 34 heavy (non-hydrogen) atoms. The van der Waals surface area contributed by atoms with Crippen molar-refractivity contribution in [3.8, 4) is 17.0 Å². The Morgan fingerprint density at radius 1 is 0.971 bits per heavy atom. The molecular formula is C26H29N5O3. The molecule has 1 aliphatic heterocycles. The lowest BCUT2D eigenvalue weighted by atomic mass is 10.0. The van der Waals surface area contributed by atoms with E-state index in [4.69, 9.17) is 4.74 Å². The standard InChI is InChI=1S/C26H29N5O3/c1-18-7-8-23(19(2)15-18)24-9-10-25(29-28-24)30-11-13-31(14-12-30)26(33)17-34-22-6-4-5-21(16-22)27-20(3)32/h4-10,15-16H,11-14,17H2,1-3H3,(H,27,32). The largest absolute Gasteiger partial charge is 0.484 e. The average molecular weight is 460 g/mol. The van der Waals surface area contributed by atoms with Gasteiger partial charge in [-0.05, 0) is 43.7 Å². The Labute approximate surface area is 199 Å². The van der Waals surface area contributed by atoms with E-state index < -0.39 is 0 Å². The summed E-state index contributed by atoms with van der Waals surface area (Å²) in [6.07, 6.45) is 0. The van der Waals surface area contributed by atoms with Gasteiger partial charge in [-0.3, -0.25) is 9.59 Å². The van der Waals surface area contributed by atoms with E-state index in [-0.39, 0.29) is 18.4 Å². The van der Waals surface area contributed by atoms with Crippen molar-refractivity contribution in [2.75, 3.05) is 43.0 Å². The van der Waals surface area contributed by atoms with E-state index >= 15 is 0 Å². The molecule has 1 fully saturated rings. The van der Waals surface area contributed by atoms with E-state index in [1.807, 2.05) is 12.1 Å². The van der Waals surface area contributed by atoms with E-state index in [1.165, 1.54) is 18.1 Å². The molecule has 2 heterocycles. The van der Waals surface area contributed by atoms with Crippen LogP contribution in [-0.4, -0.2) is 59.7 Å². The summed E-state index contributed by atoms with van der Waals surface area (Å²) in [5.41, 5.74) is 4.98. The summed E-state index contributed by atoms with van der Waals surface area (Å²) in [7, 11) is 0. The Kier molecular flexibility index (Phi) is 7.06. The van der Waals surface area contributed by atoms with Gasteiger partial charge in [0.05, 0.1) is 5.69 Å². The third kappa shape index (κ3) is 5.70. The Morgan fingerprint density at radius 3 is 2.44 bits per heavy atom. The first-order valence-electron chi connectivity index (χ1n) is 11.3. The summed E-state index contributed by atoms with van der Waals surface area (Å²) in [5, 5.41) is 11.6. The average Bonchev–Trinajstić information content (AvgIpc) is 2.83. The first-order valence-corrected chi connectivity index (χ1v) is 11.3. The fourth-order valence-corrected chi connectivity index (χ4v) is 4.03. The van der Waals surface area contributed by atoms with Crippen LogP contribution >= 0.6 is 0 Å². The molecule has 2 aromatic carbocycles. The summed E-state index contributed by atoms with van der Waals surface area (Å²) in [6.45, 7) is 8.10. The molecule has 1 aliphatic rings. The third-order valence-electron chi connectivity index (χ3n) is 5.78. The van der Waals surface area contributed by atoms with Crippen LogP contribution in [0.1, 0.15) is 18.1 Å². The summed E-state index contributed by atoms with van der Waals surface area (Å²) >= 11 is 0. The molecule has 1 N–H and O–H groups in total. The number of hydrogen-bond acceptors (Lipinski definition) is 6. The van der Waals surface area contributed by atoms with Crippen molar-refractivity contribution >= 4 is 23.3 Å². The zero-order valence-corrected chi connectivity index (χ0v) is 19.7. The highest BCUT2D eigenvalue weighted by Crippen LogP contribution is 2.23. The van der Waals surface area contributed by atoms with Gasteiger partial charge in [-0.25, -0.2) is 0 Å². The van der Waals surface area contributed by atoms with Crippen LogP contribution in [0.25, 0.3) is 11.3 Å². The van der Waals surface area contributed by atoms with E-state index in [0.717, 1.165) is 17.1 Å². The summed E-state index contributed by atoms with van der Waals surface area (Å²) in [6, 6.07) is 17.3. The Bertz CT molecular complexity index is 1170. The number of ether oxygens (including phenoxy) is 1. The predicted molar refractivity (Wildman–Crippen MR) is 132 cm³/mol. The SMILES string of the molecule is CC(=O)Nc1cccc(OCC(=O)N2CCN(c3ccc(-c4ccc(C)cc4C)nn3)CC2)c1. The zero-order valence-electron chi connectivity index (χ0n) is 19.7. The number of carbonyl (C=O) groups excluding carboxylic acids is 2. The van der Waals surface area contributed by atoms with Crippen LogP contribution < -0.4 is 15.0 Å². The van der Waals surface area contributed by atoms with Gasteiger partial charge < -0.3 is 19.9 Å². The molecule has 0 spiro atoms. The monoisotopic (exact) mass is 459 g/mol. The van der Waals surface area contributed by atoms with Crippen molar-refractivity contribution in [1.82, 2.24) is 15.1 Å². The highest BCUT2D eigenvalue weighted by Gasteiger charge is 2.22. The molecule has 0 bridgehead atoms. The first-order chi connectivity index (χ1) is 16.4. The number of aryl methyl sites for hydroxylation is 2. The van der Waals surface area contributed by atoms with Crippen LogP contribution in [0.2, 0.25) is 0 Å². The van der Waals surface area contributed by atoms with Crippen LogP contribution in [0.3, 0.4) is 0 Å². The van der Waals surface area contributed by atoms with Crippen LogP contribution in [-0.2, 0) is 9.59 Å². The van der Waals surface area contributed by atoms with E-state index in [9.17, 15) is 9.59 Å². The maximum Gasteiger partial charge on any atom is 0.260 e. The van der Waals surface area contributed by atoms with Gasteiger partial charge in [-0.1, -0.05) is 29.8 Å². The zero-order chi connectivity index (χ0) is 24.1. The number of nitrogens with one attached hydrogen (secondary N) is 1. The molecule has 0 radical (unpaired) electrons. The van der Waals surface area contributed by atoms with Gasteiger partial charge in [-0.2, -0.15) is 0 Å². The lowest BCUT2D eigenvalue weighted by Crippen LogP contribution is -2.50. The molecule has 4 rings (SSSR count). The van der Waals surface area contributed by atoms with Gasteiger partial charge in [0.2, 0.25) is 5.91 Å². The lowest BCUT2D eigenvalue weighted by molar-refractivity contribution is -0.133. The number of hydrogen-bond donors (Lipinski definition) is 1. The van der Waals surface area contributed by atoms with Gasteiger partial charge in [0.25, 0.3) is 5.91 Å². The molecule has 0 saturated carbocycles. The Balaban J connectivity index is 1.29. The van der Waals surface area contributed by atoms with Gasteiger partial charge in [0, 0.05) is 50.4 Å². The lowest BCUT2D eigenvalue weighted by Gasteiger charge is -2.35. The molecule has 0 unspecified atom stereocenters. The van der Waals surface area contributed by atoms with Crippen LogP contribution in [0.5, 0.6) is 5.75 Å². The topological polar surface area (TPSA) is 87.7 Å². The van der Waals surface area contributed by atoms with Gasteiger partial charge in [0.1, 0.15) is 5.75 Å². The molecule has 0 aliphatic carbocycles. The smallest absolute Gasteiger partial charge is 0.260 e. The first kappa shape index (κ1) is 23.2. The number of nitrogens with zero attached hydrogens (tertiary/aromatic N) is 4. The third-order valence-corrected chi connectivity index (χ3v) is 5.78. The van der Waals surface area contributed by atoms with E-state index in [0.29, 0.717) is 37.6 Å². The molecule has 3 aromatic rings. The van der Waals surface area contributed by atoms with Crippen molar-refractivity contribution in [2.24, 2.45) is 0 Å². The molecule has 1 saturated heterocycles. The minimum Gasteiger partial charge on any atom is -0.484 e. The van der Waals surface area contributed by atoms with Gasteiger partial charge in [-0.15, -0.1) is 10.2 Å². The number of carbonyl (C=O) groups is 2. The Hall–Kier alpha value is -3.94. The highest BCUT2D eigenvalue weighted by atomic mass is 16.5. The van der Waals surface area contributed by atoms with Gasteiger partial charge in [0.15, 0.2) is 12.4 Å². The quantitative estimate of drug-likeness (QED) is 0.608. The van der Waals surface area contributed by atoms with Crippen molar-refractivity contribution in [1.29, 1.82) is 0 Å². The maximum absolute atomic E-state index is 12.6. The van der Waals surface area contributed by atoms with Crippen molar-refractivity contribution in [3.63, 3.8) is 0 Å².